The van der Waals surface area contributed by atoms with E-state index < -0.39 is 5.41 Å². The summed E-state index contributed by atoms with van der Waals surface area (Å²) in [6.07, 6.45) is 9.44. The van der Waals surface area contributed by atoms with Crippen LogP contribution in [0.5, 0.6) is 0 Å². The van der Waals surface area contributed by atoms with Crippen molar-refractivity contribution in [3.05, 3.63) is 240 Å². The molecule has 1 fully saturated rings. The number of hydrogen-bond donors (Lipinski definition) is 0. The Balaban J connectivity index is 1.23. The van der Waals surface area contributed by atoms with E-state index in [0.29, 0.717) is 6.04 Å². The van der Waals surface area contributed by atoms with Crippen molar-refractivity contribution in [1.29, 1.82) is 0 Å². The molecule has 290 valence electrons. The van der Waals surface area contributed by atoms with Gasteiger partial charge in [0.05, 0.1) is 5.41 Å². The van der Waals surface area contributed by atoms with E-state index >= 15 is 0 Å². The van der Waals surface area contributed by atoms with Crippen LogP contribution in [0.3, 0.4) is 0 Å². The number of anilines is 8. The maximum atomic E-state index is 2.70. The monoisotopic (exact) mass is 773 g/mol. The number of hydrogen-bond acceptors (Lipinski definition) is 3. The van der Waals surface area contributed by atoms with Gasteiger partial charge >= 0.3 is 0 Å². The second kappa shape index (κ2) is 15.3. The van der Waals surface area contributed by atoms with Crippen LogP contribution in [0.25, 0.3) is 12.2 Å². The maximum absolute atomic E-state index is 2.70. The summed E-state index contributed by atoms with van der Waals surface area (Å²) in [7, 11) is 0. The zero-order chi connectivity index (χ0) is 39.9. The summed E-state index contributed by atoms with van der Waals surface area (Å²) in [5.41, 5.74) is 15.6. The fourth-order valence-corrected chi connectivity index (χ4v) is 10.8. The van der Waals surface area contributed by atoms with Gasteiger partial charge in [0.1, 0.15) is 0 Å². The van der Waals surface area contributed by atoms with Gasteiger partial charge in [0, 0.05) is 51.5 Å². The van der Waals surface area contributed by atoms with Crippen LogP contribution in [0, 0.1) is 5.92 Å². The van der Waals surface area contributed by atoms with Crippen molar-refractivity contribution >= 4 is 57.7 Å². The molecule has 1 saturated carbocycles. The highest BCUT2D eigenvalue weighted by Gasteiger charge is 2.56. The quantitative estimate of drug-likeness (QED) is 0.160. The summed E-state index contributed by atoms with van der Waals surface area (Å²) in [6.45, 7) is 0. The molecule has 8 aromatic rings. The van der Waals surface area contributed by atoms with E-state index in [4.69, 9.17) is 0 Å². The predicted octanol–water partition coefficient (Wildman–Crippen LogP) is 15.2. The molecule has 0 radical (unpaired) electrons. The minimum atomic E-state index is -0.481. The van der Waals surface area contributed by atoms with Crippen molar-refractivity contribution in [3.8, 4) is 0 Å². The normalized spacial score (nSPS) is 17.1. The minimum absolute atomic E-state index is 0.285. The molecule has 3 nitrogen and oxygen atoms in total. The smallest absolute Gasteiger partial charge is 0.0533 e. The summed E-state index contributed by atoms with van der Waals surface area (Å²) in [5, 5.41) is 0. The molecular weight excluding hydrogens is 727 g/mol. The zero-order valence-electron chi connectivity index (χ0n) is 33.7. The summed E-state index contributed by atoms with van der Waals surface area (Å²) in [6, 6.07) is 78.7. The molecule has 0 bridgehead atoms. The Kier molecular flexibility index (Phi) is 9.15. The Hall–Kier alpha value is -7.10. The fourth-order valence-electron chi connectivity index (χ4n) is 10.8. The lowest BCUT2D eigenvalue weighted by Gasteiger charge is -2.57. The van der Waals surface area contributed by atoms with Crippen molar-refractivity contribution in [3.63, 3.8) is 0 Å². The van der Waals surface area contributed by atoms with Gasteiger partial charge in [-0.3, -0.25) is 0 Å². The summed E-state index contributed by atoms with van der Waals surface area (Å²) < 4.78 is 0. The molecule has 60 heavy (non-hydrogen) atoms. The van der Waals surface area contributed by atoms with Gasteiger partial charge in [-0.1, -0.05) is 146 Å². The van der Waals surface area contributed by atoms with Crippen LogP contribution in [0.15, 0.2) is 212 Å². The third-order valence-corrected chi connectivity index (χ3v) is 13.2. The molecule has 0 N–H and O–H groups in total. The lowest BCUT2D eigenvalue weighted by Crippen LogP contribution is -2.55. The Morgan fingerprint density at radius 2 is 0.800 bits per heavy atom. The lowest BCUT2D eigenvalue weighted by atomic mass is 9.53. The molecule has 1 unspecified atom stereocenters. The lowest BCUT2D eigenvalue weighted by molar-refractivity contribution is 0.220. The van der Waals surface area contributed by atoms with Crippen LogP contribution in [0.2, 0.25) is 0 Å². The first-order chi connectivity index (χ1) is 29.8. The molecule has 3 aliphatic rings. The molecule has 2 aliphatic carbocycles. The summed E-state index contributed by atoms with van der Waals surface area (Å²) in [5.74, 6) is 0.285. The molecule has 0 aromatic heterocycles. The first-order valence-electron chi connectivity index (χ1n) is 21.5. The van der Waals surface area contributed by atoms with Crippen molar-refractivity contribution in [1.82, 2.24) is 0 Å². The van der Waals surface area contributed by atoms with E-state index in [-0.39, 0.29) is 5.92 Å². The zero-order valence-corrected chi connectivity index (χ0v) is 33.7. The van der Waals surface area contributed by atoms with E-state index in [2.05, 4.69) is 239 Å². The van der Waals surface area contributed by atoms with Crippen LogP contribution in [-0.2, 0) is 5.41 Å². The fraction of sp³-hybridized carbons (Fsp3) is 0.123. The van der Waals surface area contributed by atoms with Gasteiger partial charge in [0.15, 0.2) is 0 Å². The van der Waals surface area contributed by atoms with Gasteiger partial charge in [0.2, 0.25) is 0 Å². The Morgan fingerprint density at radius 3 is 1.28 bits per heavy atom. The second-order valence-corrected chi connectivity index (χ2v) is 16.4. The first-order valence-corrected chi connectivity index (χ1v) is 21.5. The van der Waals surface area contributed by atoms with Crippen LogP contribution < -0.4 is 14.7 Å². The van der Waals surface area contributed by atoms with Gasteiger partial charge in [-0.05, 0) is 138 Å². The van der Waals surface area contributed by atoms with E-state index in [1.165, 1.54) is 52.0 Å². The molecule has 1 aliphatic heterocycles. The molecule has 1 spiro atoms. The van der Waals surface area contributed by atoms with Crippen LogP contribution in [0.1, 0.15) is 53.5 Å². The molecule has 3 heteroatoms. The van der Waals surface area contributed by atoms with Gasteiger partial charge in [-0.2, -0.15) is 0 Å². The topological polar surface area (TPSA) is 9.72 Å². The van der Waals surface area contributed by atoms with Crippen molar-refractivity contribution in [2.75, 3.05) is 14.7 Å². The third kappa shape index (κ3) is 5.95. The number of para-hydroxylation sites is 6. The predicted molar refractivity (Wildman–Crippen MR) is 252 cm³/mol. The largest absolute Gasteiger partial charge is 0.338 e. The molecule has 0 saturated heterocycles. The van der Waals surface area contributed by atoms with Gasteiger partial charge in [0.25, 0.3) is 0 Å². The molecular formula is C57H47N3. The van der Waals surface area contributed by atoms with E-state index in [1.54, 1.807) is 0 Å². The van der Waals surface area contributed by atoms with E-state index in [9.17, 15) is 0 Å². The highest BCUT2D eigenvalue weighted by molar-refractivity contribution is 5.88. The standard InChI is InChI=1S/C57H47N3/c1-6-20-44(21-7-1)58(45-22-8-2-9-23-45)49-38-36-42-34-35-43-37-39-50(59(46-24-10-3-11-25-46)47-26-12-4-13-27-47)41-54(43)57(53(42)40-49)51-30-16-18-32-55(51)60(48-28-14-5-15-29-48)56-33-19-17-31-52(56)57/h1-16,18,20-30,32,34-41,52,56H,17,19,31,33H2/t52?,56-/m0/s1. The molecule has 2 atom stereocenters. The summed E-state index contributed by atoms with van der Waals surface area (Å²) >= 11 is 0. The summed E-state index contributed by atoms with van der Waals surface area (Å²) in [4.78, 5) is 7.56. The number of nitrogens with zero attached hydrogens (tertiary/aromatic N) is 3. The maximum Gasteiger partial charge on any atom is 0.0533 e. The van der Waals surface area contributed by atoms with Gasteiger partial charge < -0.3 is 14.7 Å². The van der Waals surface area contributed by atoms with Crippen LogP contribution >= 0.6 is 0 Å². The molecule has 8 aromatic carbocycles. The van der Waals surface area contributed by atoms with E-state index in [1.807, 2.05) is 0 Å². The number of fused-ring (bicyclic) bond motifs is 8. The molecule has 11 rings (SSSR count). The van der Waals surface area contributed by atoms with Crippen LogP contribution in [0.4, 0.5) is 45.5 Å². The first kappa shape index (κ1) is 36.0. The number of benzene rings is 8. The van der Waals surface area contributed by atoms with Crippen molar-refractivity contribution < 1.29 is 0 Å². The SMILES string of the molecule is C1=Cc2ccc(N(c3ccccc3)c3ccccc3)cc2C2(c3cc(N(c4ccccc4)c4ccccc4)ccc31)c1ccccc1N(c1ccccc1)[C@H]1CCCCC12. The Bertz CT molecular complexity index is 2570. The highest BCUT2D eigenvalue weighted by Crippen LogP contribution is 2.62. The Labute approximate surface area is 354 Å². The van der Waals surface area contributed by atoms with E-state index in [0.717, 1.165) is 47.0 Å². The molecule has 1 heterocycles. The average Bonchev–Trinajstić information content (AvgIpc) is 3.46. The van der Waals surface area contributed by atoms with Gasteiger partial charge in [-0.25, -0.2) is 0 Å². The highest BCUT2D eigenvalue weighted by atomic mass is 15.2. The second-order valence-electron chi connectivity index (χ2n) is 16.4. The third-order valence-electron chi connectivity index (χ3n) is 13.2. The molecule has 0 amide bonds. The minimum Gasteiger partial charge on any atom is -0.338 e. The van der Waals surface area contributed by atoms with Gasteiger partial charge in [-0.15, -0.1) is 0 Å². The number of rotatable bonds is 7. The van der Waals surface area contributed by atoms with Crippen LogP contribution in [-0.4, -0.2) is 6.04 Å². The Morgan fingerprint density at radius 1 is 0.383 bits per heavy atom. The average molecular weight is 774 g/mol. The van der Waals surface area contributed by atoms with Crippen molar-refractivity contribution in [2.45, 2.75) is 37.1 Å². The van der Waals surface area contributed by atoms with Crippen molar-refractivity contribution in [2.24, 2.45) is 5.92 Å².